The van der Waals surface area contributed by atoms with Crippen LogP contribution in [0.25, 0.3) is 0 Å². The van der Waals surface area contributed by atoms with Gasteiger partial charge < -0.3 is 0 Å². The third kappa shape index (κ3) is 4.58. The highest BCUT2D eigenvalue weighted by Gasteiger charge is 2.17. The second kappa shape index (κ2) is 8.55. The average Bonchev–Trinajstić information content (AvgIpc) is 3.39. The van der Waals surface area contributed by atoms with Gasteiger partial charge in [-0.25, -0.2) is 9.97 Å². The molecule has 0 fully saturated rings. The first kappa shape index (κ1) is 18.7. The highest BCUT2D eigenvalue weighted by molar-refractivity contribution is 7.99. The Hall–Kier alpha value is -2.69. The molecule has 10 heteroatoms. The number of H-pyrrole nitrogens is 1. The summed E-state index contributed by atoms with van der Waals surface area (Å²) in [6, 6.07) is 7.70. The van der Waals surface area contributed by atoms with Crippen molar-refractivity contribution >= 4 is 45.9 Å². The molecule has 0 atom stereocenters. The number of rotatable bonds is 6. The Kier molecular flexibility index (Phi) is 5.70. The minimum atomic E-state index is -0.299. The van der Waals surface area contributed by atoms with Gasteiger partial charge in [0, 0.05) is 39.5 Å². The molecule has 4 aromatic heterocycles. The third-order valence-corrected chi connectivity index (χ3v) is 6.12. The molecule has 1 amide bonds. The molecule has 4 aromatic rings. The highest BCUT2D eigenvalue weighted by atomic mass is 32.2. The van der Waals surface area contributed by atoms with E-state index in [9.17, 15) is 4.79 Å². The van der Waals surface area contributed by atoms with Crippen LogP contribution < -0.4 is 5.32 Å². The lowest BCUT2D eigenvalue weighted by Gasteiger charge is -2.10. The quantitative estimate of drug-likeness (QED) is 0.468. The number of anilines is 1. The standard InChI is InChI=1S/C18H14N6OS3/c1-11-2-3-12(8-20-11)27-14-4-5-15(28-13-9-21-22-10-13)23-16(14)17(25)24-18-19-6-7-26-18/h2-10H,1H3,(H,21,22)(H,19,24,25). The van der Waals surface area contributed by atoms with E-state index in [0.29, 0.717) is 15.9 Å². The van der Waals surface area contributed by atoms with Crippen molar-refractivity contribution in [2.45, 2.75) is 26.6 Å². The molecule has 2 N–H and O–H groups in total. The normalized spacial score (nSPS) is 10.8. The van der Waals surface area contributed by atoms with Gasteiger partial charge in [-0.1, -0.05) is 23.5 Å². The van der Waals surface area contributed by atoms with Crippen molar-refractivity contribution in [3.05, 3.63) is 65.8 Å². The van der Waals surface area contributed by atoms with Crippen LogP contribution in [-0.4, -0.2) is 31.1 Å². The summed E-state index contributed by atoms with van der Waals surface area (Å²) < 4.78 is 0. The second-order valence-electron chi connectivity index (χ2n) is 5.56. The monoisotopic (exact) mass is 426 g/mol. The van der Waals surface area contributed by atoms with E-state index >= 15 is 0 Å². The van der Waals surface area contributed by atoms with E-state index in [4.69, 9.17) is 0 Å². The largest absolute Gasteiger partial charge is 0.296 e. The lowest BCUT2D eigenvalue weighted by atomic mass is 10.3. The number of pyridine rings is 2. The van der Waals surface area contributed by atoms with Gasteiger partial charge in [-0.2, -0.15) is 5.10 Å². The van der Waals surface area contributed by atoms with Gasteiger partial charge in [0.25, 0.3) is 5.91 Å². The summed E-state index contributed by atoms with van der Waals surface area (Å²) in [5.74, 6) is -0.299. The predicted octanol–water partition coefficient (Wildman–Crippen LogP) is 4.52. The average molecular weight is 427 g/mol. The van der Waals surface area contributed by atoms with E-state index in [1.54, 1.807) is 24.8 Å². The van der Waals surface area contributed by atoms with Crippen LogP contribution in [0.4, 0.5) is 5.13 Å². The molecule has 0 aliphatic heterocycles. The number of hydrogen-bond donors (Lipinski definition) is 2. The number of carbonyl (C=O) groups is 1. The Bertz CT molecular complexity index is 1070. The van der Waals surface area contributed by atoms with Gasteiger partial charge in [-0.3, -0.25) is 20.2 Å². The minimum Gasteiger partial charge on any atom is -0.296 e. The summed E-state index contributed by atoms with van der Waals surface area (Å²) in [6.07, 6.45) is 6.92. The minimum absolute atomic E-state index is 0.299. The maximum absolute atomic E-state index is 12.9. The van der Waals surface area contributed by atoms with Crippen molar-refractivity contribution in [3.8, 4) is 0 Å². The van der Waals surface area contributed by atoms with Crippen LogP contribution in [0.3, 0.4) is 0 Å². The Morgan fingerprint density at radius 1 is 1.11 bits per heavy atom. The van der Waals surface area contributed by atoms with Crippen LogP contribution in [0.15, 0.2) is 74.1 Å². The van der Waals surface area contributed by atoms with E-state index in [0.717, 1.165) is 20.4 Å². The van der Waals surface area contributed by atoms with Crippen molar-refractivity contribution in [2.75, 3.05) is 5.32 Å². The third-order valence-electron chi connectivity index (χ3n) is 3.51. The van der Waals surface area contributed by atoms with Crippen molar-refractivity contribution in [3.63, 3.8) is 0 Å². The predicted molar refractivity (Wildman–Crippen MR) is 110 cm³/mol. The molecule has 4 rings (SSSR count). The number of aromatic nitrogens is 5. The topological polar surface area (TPSA) is 96.5 Å². The number of aryl methyl sites for hydroxylation is 1. The van der Waals surface area contributed by atoms with E-state index in [1.165, 1.54) is 34.9 Å². The number of thiazole rings is 1. The summed E-state index contributed by atoms with van der Waals surface area (Å²) in [4.78, 5) is 28.5. The van der Waals surface area contributed by atoms with Crippen LogP contribution in [0.2, 0.25) is 0 Å². The van der Waals surface area contributed by atoms with Gasteiger partial charge in [-0.05, 0) is 31.2 Å². The number of aromatic amines is 1. The Morgan fingerprint density at radius 2 is 2.04 bits per heavy atom. The zero-order valence-electron chi connectivity index (χ0n) is 14.6. The first-order chi connectivity index (χ1) is 13.7. The van der Waals surface area contributed by atoms with Gasteiger partial charge in [0.05, 0.1) is 11.1 Å². The van der Waals surface area contributed by atoms with Gasteiger partial charge >= 0.3 is 0 Å². The summed E-state index contributed by atoms with van der Waals surface area (Å²) in [5, 5.41) is 12.6. The molecule has 0 aliphatic carbocycles. The molecular weight excluding hydrogens is 412 g/mol. The Morgan fingerprint density at radius 3 is 2.75 bits per heavy atom. The van der Waals surface area contributed by atoms with Gasteiger partial charge in [-0.15, -0.1) is 11.3 Å². The van der Waals surface area contributed by atoms with Crippen LogP contribution in [-0.2, 0) is 0 Å². The SMILES string of the molecule is Cc1ccc(Sc2ccc(Sc3cn[nH]c3)nc2C(=O)Nc2nccs2)cn1. The summed E-state index contributed by atoms with van der Waals surface area (Å²) in [6.45, 7) is 1.94. The molecular formula is C18H14N6OS3. The molecule has 0 radical (unpaired) electrons. The summed E-state index contributed by atoms with van der Waals surface area (Å²) >= 11 is 4.24. The number of nitrogens with zero attached hydrogens (tertiary/aromatic N) is 4. The van der Waals surface area contributed by atoms with Crippen LogP contribution in [0, 0.1) is 6.92 Å². The molecule has 0 saturated heterocycles. The summed E-state index contributed by atoms with van der Waals surface area (Å²) in [5.41, 5.74) is 1.28. The van der Waals surface area contributed by atoms with Crippen LogP contribution >= 0.6 is 34.9 Å². The Balaban J connectivity index is 1.64. The lowest BCUT2D eigenvalue weighted by Crippen LogP contribution is -2.15. The second-order valence-corrected chi connectivity index (χ2v) is 8.66. The highest BCUT2D eigenvalue weighted by Crippen LogP contribution is 2.33. The van der Waals surface area contributed by atoms with E-state index < -0.39 is 0 Å². The zero-order chi connectivity index (χ0) is 19.3. The molecule has 0 aromatic carbocycles. The molecule has 0 saturated carbocycles. The van der Waals surface area contributed by atoms with Crippen molar-refractivity contribution < 1.29 is 4.79 Å². The molecule has 140 valence electrons. The summed E-state index contributed by atoms with van der Waals surface area (Å²) in [7, 11) is 0. The van der Waals surface area contributed by atoms with E-state index in [2.05, 4.69) is 30.5 Å². The molecule has 0 bridgehead atoms. The molecule has 28 heavy (non-hydrogen) atoms. The van der Waals surface area contributed by atoms with Crippen LogP contribution in [0.1, 0.15) is 16.2 Å². The van der Waals surface area contributed by atoms with Crippen molar-refractivity contribution in [1.82, 2.24) is 25.1 Å². The van der Waals surface area contributed by atoms with E-state index in [-0.39, 0.29) is 5.91 Å². The first-order valence-corrected chi connectivity index (χ1v) is 10.7. The molecule has 7 nitrogen and oxygen atoms in total. The van der Waals surface area contributed by atoms with Crippen LogP contribution in [0.5, 0.6) is 0 Å². The fourth-order valence-corrected chi connectivity index (χ4v) is 4.35. The molecule has 0 spiro atoms. The fraction of sp³-hybridized carbons (Fsp3) is 0.0556. The lowest BCUT2D eigenvalue weighted by molar-refractivity contribution is 0.101. The maximum atomic E-state index is 12.9. The fourth-order valence-electron chi connectivity index (χ4n) is 2.23. The van der Waals surface area contributed by atoms with E-state index in [1.807, 2.05) is 36.6 Å². The van der Waals surface area contributed by atoms with Gasteiger partial charge in [0.2, 0.25) is 0 Å². The van der Waals surface area contributed by atoms with Gasteiger partial charge in [0.15, 0.2) is 5.13 Å². The number of nitrogens with one attached hydrogen (secondary N) is 2. The maximum Gasteiger partial charge on any atom is 0.277 e. The first-order valence-electron chi connectivity index (χ1n) is 8.16. The molecule has 0 aliphatic rings. The van der Waals surface area contributed by atoms with Crippen molar-refractivity contribution in [2.24, 2.45) is 0 Å². The molecule has 0 unspecified atom stereocenters. The number of amides is 1. The molecule has 4 heterocycles. The van der Waals surface area contributed by atoms with Crippen molar-refractivity contribution in [1.29, 1.82) is 0 Å². The smallest absolute Gasteiger partial charge is 0.277 e. The Labute approximate surface area is 173 Å². The zero-order valence-corrected chi connectivity index (χ0v) is 17.1. The number of carbonyl (C=O) groups excluding carboxylic acids is 1. The van der Waals surface area contributed by atoms with Gasteiger partial charge in [0.1, 0.15) is 10.7 Å². The number of hydrogen-bond acceptors (Lipinski definition) is 8.